The van der Waals surface area contributed by atoms with Crippen molar-refractivity contribution in [2.45, 2.75) is 0 Å². The summed E-state index contributed by atoms with van der Waals surface area (Å²) < 4.78 is 0. The predicted octanol–water partition coefficient (Wildman–Crippen LogP) is 1.37. The van der Waals surface area contributed by atoms with Gasteiger partial charge in [-0.3, -0.25) is 0 Å². The third-order valence-electron chi connectivity index (χ3n) is 0.425. The van der Waals surface area contributed by atoms with Gasteiger partial charge in [0.1, 0.15) is 0 Å². The van der Waals surface area contributed by atoms with Crippen molar-refractivity contribution in [1.29, 1.82) is 0 Å². The molecule has 1 radical (unpaired) electrons. The van der Waals surface area contributed by atoms with Gasteiger partial charge in [0.25, 0.3) is 0 Å². The molecule has 1 heterocycles. The first-order chi connectivity index (χ1) is 2.50. The third kappa shape index (κ3) is 1.98. The zero-order valence-corrected chi connectivity index (χ0v) is 6.53. The number of rotatable bonds is 0. The monoisotopic (exact) mass is 107 g/mol. The Balaban J connectivity index is 0.000000250. The standard InChI is InChI=1S/C4H4S.Na/c1-2-4-5-3-1;/h1-4H;. The normalized spacial score (nSPS) is 6.67. The predicted molar refractivity (Wildman–Crippen MR) is 30.1 cm³/mol. The van der Waals surface area contributed by atoms with E-state index in [0.717, 1.165) is 0 Å². The van der Waals surface area contributed by atoms with Gasteiger partial charge in [-0.1, -0.05) is 12.1 Å². The first-order valence-corrected chi connectivity index (χ1v) is 2.41. The van der Waals surface area contributed by atoms with Gasteiger partial charge in [0.2, 0.25) is 0 Å². The Morgan fingerprint density at radius 3 is 1.67 bits per heavy atom. The second-order valence-corrected chi connectivity index (χ2v) is 1.61. The van der Waals surface area contributed by atoms with Gasteiger partial charge in [0.05, 0.1) is 0 Å². The van der Waals surface area contributed by atoms with E-state index in [4.69, 9.17) is 0 Å². The number of hydrogen-bond donors (Lipinski definition) is 0. The Kier molecular flexibility index (Phi) is 4.33. The van der Waals surface area contributed by atoms with Gasteiger partial charge in [-0.25, -0.2) is 0 Å². The molecular formula is C4H4NaS. The summed E-state index contributed by atoms with van der Waals surface area (Å²) in [5.41, 5.74) is 0. The van der Waals surface area contributed by atoms with Crippen molar-refractivity contribution in [2.75, 3.05) is 0 Å². The molecule has 1 aromatic heterocycles. The van der Waals surface area contributed by atoms with E-state index in [1.165, 1.54) is 0 Å². The summed E-state index contributed by atoms with van der Waals surface area (Å²) in [6.45, 7) is 0. The van der Waals surface area contributed by atoms with E-state index in [-0.39, 0.29) is 29.6 Å². The molecular weight excluding hydrogens is 103 g/mol. The molecule has 0 nitrogen and oxygen atoms in total. The van der Waals surface area contributed by atoms with Crippen molar-refractivity contribution in [3.8, 4) is 0 Å². The first-order valence-electron chi connectivity index (χ1n) is 1.47. The fourth-order valence-corrected chi connectivity index (χ4v) is 0.680. The summed E-state index contributed by atoms with van der Waals surface area (Å²) >= 11 is 1.71. The van der Waals surface area contributed by atoms with E-state index in [2.05, 4.69) is 0 Å². The molecule has 0 saturated heterocycles. The van der Waals surface area contributed by atoms with Crippen LogP contribution in [-0.2, 0) is 0 Å². The van der Waals surface area contributed by atoms with Crippen molar-refractivity contribution in [2.24, 2.45) is 0 Å². The summed E-state index contributed by atoms with van der Waals surface area (Å²) in [6, 6.07) is 4.04. The maximum Gasteiger partial charge on any atom is 0 e. The van der Waals surface area contributed by atoms with E-state index in [1.54, 1.807) is 11.3 Å². The van der Waals surface area contributed by atoms with E-state index in [0.29, 0.717) is 0 Å². The quantitative estimate of drug-likeness (QED) is 0.439. The van der Waals surface area contributed by atoms with Crippen molar-refractivity contribution < 1.29 is 0 Å². The molecule has 0 aliphatic carbocycles. The van der Waals surface area contributed by atoms with Crippen LogP contribution < -0.4 is 0 Å². The van der Waals surface area contributed by atoms with Crippen molar-refractivity contribution >= 4 is 40.9 Å². The molecule has 0 aliphatic rings. The molecule has 0 aromatic carbocycles. The average molecular weight is 107 g/mol. The minimum Gasteiger partial charge on any atom is -0.152 e. The Morgan fingerprint density at radius 2 is 1.50 bits per heavy atom. The van der Waals surface area contributed by atoms with Gasteiger partial charge in [-0.05, 0) is 10.8 Å². The second kappa shape index (κ2) is 3.88. The van der Waals surface area contributed by atoms with Crippen molar-refractivity contribution in [3.05, 3.63) is 22.9 Å². The van der Waals surface area contributed by atoms with Gasteiger partial charge >= 0.3 is 0 Å². The summed E-state index contributed by atoms with van der Waals surface area (Å²) in [5.74, 6) is 0. The Labute approximate surface area is 63.5 Å². The van der Waals surface area contributed by atoms with Crippen LogP contribution in [0.5, 0.6) is 0 Å². The van der Waals surface area contributed by atoms with Crippen LogP contribution in [-0.4, -0.2) is 29.6 Å². The topological polar surface area (TPSA) is 0 Å². The molecule has 0 unspecified atom stereocenters. The molecule has 6 heavy (non-hydrogen) atoms. The van der Waals surface area contributed by atoms with E-state index in [1.807, 2.05) is 22.9 Å². The molecule has 27 valence electrons. The number of hydrogen-bond acceptors (Lipinski definition) is 1. The van der Waals surface area contributed by atoms with Crippen molar-refractivity contribution in [1.82, 2.24) is 0 Å². The molecule has 2 heteroatoms. The molecule has 0 fully saturated rings. The zero-order chi connectivity index (χ0) is 3.54. The molecule has 1 rings (SSSR count). The Hall–Kier alpha value is 0.700. The van der Waals surface area contributed by atoms with Crippen LogP contribution in [0.25, 0.3) is 0 Å². The smallest absolute Gasteiger partial charge is 0 e. The second-order valence-electron chi connectivity index (χ2n) is 0.793. The summed E-state index contributed by atoms with van der Waals surface area (Å²) in [6.07, 6.45) is 0. The van der Waals surface area contributed by atoms with Gasteiger partial charge < -0.3 is 0 Å². The van der Waals surface area contributed by atoms with Crippen molar-refractivity contribution in [3.63, 3.8) is 0 Å². The molecule has 0 atom stereocenters. The molecule has 1 aromatic rings. The minimum absolute atomic E-state index is 0. The molecule has 0 bridgehead atoms. The first kappa shape index (κ1) is 6.70. The molecule has 0 spiro atoms. The maximum atomic E-state index is 2.04. The average Bonchev–Trinajstić information content (AvgIpc) is 1.76. The van der Waals surface area contributed by atoms with Crippen LogP contribution >= 0.6 is 11.3 Å². The van der Waals surface area contributed by atoms with E-state index < -0.39 is 0 Å². The summed E-state index contributed by atoms with van der Waals surface area (Å²) in [4.78, 5) is 0. The van der Waals surface area contributed by atoms with Crippen LogP contribution in [0.1, 0.15) is 0 Å². The number of thiophene rings is 1. The molecule has 0 amide bonds. The van der Waals surface area contributed by atoms with Gasteiger partial charge in [-0.15, -0.1) is 0 Å². The van der Waals surface area contributed by atoms with E-state index >= 15 is 0 Å². The van der Waals surface area contributed by atoms with Crippen LogP contribution in [0.4, 0.5) is 0 Å². The van der Waals surface area contributed by atoms with Gasteiger partial charge in [-0.2, -0.15) is 11.3 Å². The van der Waals surface area contributed by atoms with Gasteiger partial charge in [0.15, 0.2) is 0 Å². The minimum atomic E-state index is 0. The Bertz CT molecular complexity index is 64.0. The molecule has 0 saturated carbocycles. The fourth-order valence-electron chi connectivity index (χ4n) is 0.227. The summed E-state index contributed by atoms with van der Waals surface area (Å²) in [7, 11) is 0. The SMILES string of the molecule is [Na].c1ccsc1. The third-order valence-corrected chi connectivity index (χ3v) is 1.05. The largest absolute Gasteiger partial charge is 0.152 e. The summed E-state index contributed by atoms with van der Waals surface area (Å²) in [5, 5.41) is 4.08. The van der Waals surface area contributed by atoms with Gasteiger partial charge in [0, 0.05) is 29.6 Å². The fraction of sp³-hybridized carbons (Fsp3) is 0. The van der Waals surface area contributed by atoms with Crippen LogP contribution in [0.15, 0.2) is 22.9 Å². The zero-order valence-electron chi connectivity index (χ0n) is 3.72. The Morgan fingerprint density at radius 1 is 1.00 bits per heavy atom. The molecule has 0 aliphatic heterocycles. The van der Waals surface area contributed by atoms with E-state index in [9.17, 15) is 0 Å². The van der Waals surface area contributed by atoms with Crippen LogP contribution in [0.2, 0.25) is 0 Å². The molecule has 0 N–H and O–H groups in total. The maximum absolute atomic E-state index is 2.04. The van der Waals surface area contributed by atoms with Crippen LogP contribution in [0.3, 0.4) is 0 Å². The van der Waals surface area contributed by atoms with Crippen LogP contribution in [0, 0.1) is 0 Å².